The number of rotatable bonds is 8. The maximum Gasteiger partial charge on any atom is 0.0492 e. The molecule has 0 radical (unpaired) electrons. The molecule has 0 saturated heterocycles. The van der Waals surface area contributed by atoms with Crippen LogP contribution < -0.4 is 11.3 Å². The van der Waals surface area contributed by atoms with Crippen molar-refractivity contribution < 1.29 is 0 Å². The Morgan fingerprint density at radius 1 is 1.15 bits per heavy atom. The summed E-state index contributed by atoms with van der Waals surface area (Å²) in [6.07, 6.45) is 7.27. The smallest absolute Gasteiger partial charge is 0.0492 e. The quantitative estimate of drug-likeness (QED) is 0.572. The molecule has 20 heavy (non-hydrogen) atoms. The van der Waals surface area contributed by atoms with Gasteiger partial charge in [-0.15, -0.1) is 0 Å². The summed E-state index contributed by atoms with van der Waals surface area (Å²) in [7, 11) is 1.98. The van der Waals surface area contributed by atoms with E-state index in [1.807, 2.05) is 17.9 Å². The van der Waals surface area contributed by atoms with Gasteiger partial charge in [0, 0.05) is 25.0 Å². The van der Waals surface area contributed by atoms with Crippen LogP contribution in [0.15, 0.2) is 42.6 Å². The molecule has 4 nitrogen and oxygen atoms in total. The third kappa shape index (κ3) is 4.47. The third-order valence-electron chi connectivity index (χ3n) is 3.77. The minimum atomic E-state index is 0.369. The molecule has 0 saturated carbocycles. The van der Waals surface area contributed by atoms with Gasteiger partial charge in [-0.05, 0) is 43.7 Å². The molecule has 0 bridgehead atoms. The number of hydrogen-bond acceptors (Lipinski definition) is 3. The fourth-order valence-electron chi connectivity index (χ4n) is 2.48. The number of hydrazine groups is 1. The minimum Gasteiger partial charge on any atom is -0.273 e. The van der Waals surface area contributed by atoms with Crippen molar-refractivity contribution in [1.29, 1.82) is 0 Å². The van der Waals surface area contributed by atoms with Crippen molar-refractivity contribution >= 4 is 0 Å². The fourth-order valence-corrected chi connectivity index (χ4v) is 2.48. The zero-order valence-corrected chi connectivity index (χ0v) is 12.1. The second-order valence-corrected chi connectivity index (χ2v) is 5.23. The Morgan fingerprint density at radius 3 is 2.60 bits per heavy atom. The highest BCUT2D eigenvalue weighted by molar-refractivity contribution is 5.14. The van der Waals surface area contributed by atoms with Crippen molar-refractivity contribution in [2.24, 2.45) is 12.9 Å². The molecule has 0 aliphatic carbocycles. The molecule has 108 valence electrons. The largest absolute Gasteiger partial charge is 0.273 e. The average Bonchev–Trinajstić information content (AvgIpc) is 2.89. The lowest BCUT2D eigenvalue weighted by Crippen LogP contribution is -2.35. The van der Waals surface area contributed by atoms with Gasteiger partial charge in [-0.25, -0.2) is 0 Å². The molecule has 4 heteroatoms. The van der Waals surface area contributed by atoms with Crippen molar-refractivity contribution in [1.82, 2.24) is 15.2 Å². The minimum absolute atomic E-state index is 0.369. The zero-order chi connectivity index (χ0) is 14.2. The predicted molar refractivity (Wildman–Crippen MR) is 82.0 cm³/mol. The molecule has 1 heterocycles. The molecule has 1 unspecified atom stereocenters. The number of aryl methyl sites for hydroxylation is 3. The van der Waals surface area contributed by atoms with Crippen LogP contribution in [0.2, 0.25) is 0 Å². The van der Waals surface area contributed by atoms with Gasteiger partial charge >= 0.3 is 0 Å². The summed E-state index contributed by atoms with van der Waals surface area (Å²) in [5, 5.41) is 4.19. The Labute approximate surface area is 121 Å². The van der Waals surface area contributed by atoms with E-state index in [-0.39, 0.29) is 0 Å². The van der Waals surface area contributed by atoms with E-state index in [9.17, 15) is 0 Å². The summed E-state index contributed by atoms with van der Waals surface area (Å²) in [6, 6.07) is 13.0. The van der Waals surface area contributed by atoms with Gasteiger partial charge in [0.15, 0.2) is 0 Å². The van der Waals surface area contributed by atoms with Crippen LogP contribution in [0, 0.1) is 0 Å². The molecular weight excluding hydrogens is 248 g/mol. The first-order chi connectivity index (χ1) is 9.79. The summed E-state index contributed by atoms with van der Waals surface area (Å²) < 4.78 is 1.93. The van der Waals surface area contributed by atoms with E-state index in [4.69, 9.17) is 5.84 Å². The summed E-state index contributed by atoms with van der Waals surface area (Å²) in [5.74, 6) is 5.66. The second-order valence-electron chi connectivity index (χ2n) is 5.23. The second kappa shape index (κ2) is 7.82. The highest BCUT2D eigenvalue weighted by Crippen LogP contribution is 2.10. The van der Waals surface area contributed by atoms with Crippen LogP contribution >= 0.6 is 0 Å². The number of nitrogens with two attached hydrogens (primary N) is 1. The van der Waals surface area contributed by atoms with Crippen molar-refractivity contribution in [3.05, 3.63) is 53.9 Å². The van der Waals surface area contributed by atoms with Gasteiger partial charge in [0.2, 0.25) is 0 Å². The molecule has 2 rings (SSSR count). The van der Waals surface area contributed by atoms with Crippen molar-refractivity contribution in [3.8, 4) is 0 Å². The van der Waals surface area contributed by atoms with E-state index in [2.05, 4.69) is 46.9 Å². The SMILES string of the molecule is Cn1nccc1CCC(CCCc1ccccc1)NN. The van der Waals surface area contributed by atoms with Gasteiger partial charge in [0.25, 0.3) is 0 Å². The van der Waals surface area contributed by atoms with Crippen molar-refractivity contribution in [2.45, 2.75) is 38.1 Å². The topological polar surface area (TPSA) is 55.9 Å². The Hall–Kier alpha value is -1.65. The van der Waals surface area contributed by atoms with Crippen LogP contribution in [0.5, 0.6) is 0 Å². The normalized spacial score (nSPS) is 12.5. The first-order valence-electron chi connectivity index (χ1n) is 7.26. The van der Waals surface area contributed by atoms with Crippen molar-refractivity contribution in [3.63, 3.8) is 0 Å². The van der Waals surface area contributed by atoms with Gasteiger partial charge < -0.3 is 0 Å². The average molecular weight is 272 g/mol. The fraction of sp³-hybridized carbons (Fsp3) is 0.438. The first kappa shape index (κ1) is 14.8. The van der Waals surface area contributed by atoms with Gasteiger partial charge in [0.05, 0.1) is 0 Å². The number of nitrogens with zero attached hydrogens (tertiary/aromatic N) is 2. The zero-order valence-electron chi connectivity index (χ0n) is 12.1. The highest BCUT2D eigenvalue weighted by Gasteiger charge is 2.08. The van der Waals surface area contributed by atoms with E-state index >= 15 is 0 Å². The number of nitrogens with one attached hydrogen (secondary N) is 1. The molecular formula is C16H24N4. The van der Waals surface area contributed by atoms with Crippen LogP contribution in [0.1, 0.15) is 30.5 Å². The van der Waals surface area contributed by atoms with Crippen LogP contribution in [-0.4, -0.2) is 15.8 Å². The van der Waals surface area contributed by atoms with Crippen LogP contribution in [0.25, 0.3) is 0 Å². The summed E-state index contributed by atoms with van der Waals surface area (Å²) in [6.45, 7) is 0. The highest BCUT2D eigenvalue weighted by atomic mass is 15.3. The molecule has 3 N–H and O–H groups in total. The lowest BCUT2D eigenvalue weighted by molar-refractivity contribution is 0.446. The molecule has 0 fully saturated rings. The molecule has 0 aliphatic rings. The molecule has 0 aliphatic heterocycles. The van der Waals surface area contributed by atoms with E-state index in [1.54, 1.807) is 0 Å². The Bertz CT molecular complexity index is 492. The van der Waals surface area contributed by atoms with Gasteiger partial charge in [-0.2, -0.15) is 5.10 Å². The Kier molecular flexibility index (Phi) is 5.77. The van der Waals surface area contributed by atoms with Gasteiger partial charge in [-0.3, -0.25) is 16.0 Å². The number of benzene rings is 1. The van der Waals surface area contributed by atoms with Crippen LogP contribution in [0.3, 0.4) is 0 Å². The van der Waals surface area contributed by atoms with Crippen molar-refractivity contribution in [2.75, 3.05) is 0 Å². The molecule has 0 spiro atoms. The van der Waals surface area contributed by atoms with E-state index in [0.29, 0.717) is 6.04 Å². The molecule has 1 aromatic heterocycles. The van der Waals surface area contributed by atoms with E-state index in [1.165, 1.54) is 11.3 Å². The number of hydrogen-bond donors (Lipinski definition) is 2. The van der Waals surface area contributed by atoms with E-state index in [0.717, 1.165) is 32.1 Å². The van der Waals surface area contributed by atoms with Gasteiger partial charge in [-0.1, -0.05) is 30.3 Å². The van der Waals surface area contributed by atoms with Crippen LogP contribution in [-0.2, 0) is 19.9 Å². The molecule has 1 aromatic carbocycles. The standard InChI is InChI=1S/C16H24N4/c1-20-16(12-13-18-20)11-10-15(19-17)9-5-8-14-6-3-2-4-7-14/h2-4,6-7,12-13,15,19H,5,8-11,17H2,1H3. The predicted octanol–water partition coefficient (Wildman–Crippen LogP) is 2.21. The Morgan fingerprint density at radius 2 is 1.95 bits per heavy atom. The lowest BCUT2D eigenvalue weighted by atomic mass is 10.0. The Balaban J connectivity index is 1.71. The maximum absolute atomic E-state index is 5.66. The molecule has 2 aromatic rings. The van der Waals surface area contributed by atoms with Crippen LogP contribution in [0.4, 0.5) is 0 Å². The van der Waals surface area contributed by atoms with Gasteiger partial charge in [0.1, 0.15) is 0 Å². The molecule has 1 atom stereocenters. The summed E-state index contributed by atoms with van der Waals surface area (Å²) in [4.78, 5) is 0. The lowest BCUT2D eigenvalue weighted by Gasteiger charge is -2.15. The summed E-state index contributed by atoms with van der Waals surface area (Å²) in [5.41, 5.74) is 5.60. The monoisotopic (exact) mass is 272 g/mol. The summed E-state index contributed by atoms with van der Waals surface area (Å²) >= 11 is 0. The maximum atomic E-state index is 5.66. The number of aromatic nitrogens is 2. The first-order valence-corrected chi connectivity index (χ1v) is 7.26. The third-order valence-corrected chi connectivity index (χ3v) is 3.77. The molecule has 0 amide bonds. The van der Waals surface area contributed by atoms with E-state index < -0.39 is 0 Å².